The average molecular weight is 334 g/mol. The Morgan fingerprint density at radius 2 is 1.80 bits per heavy atom. The molecule has 0 bridgehead atoms. The molecule has 2 atom stereocenters. The standard InChI is InChI=1S/C22H26N2O/c1-16(23-21(19-13-14-19)18-9-3-2-4-10-18)22(25)24-15-7-11-17-8-5-6-12-20(17)24/h2-6,8-10,12,16,19,21,23H,7,11,13-15H2,1H3. The molecule has 1 aliphatic carbocycles. The van der Waals surface area contributed by atoms with Gasteiger partial charge < -0.3 is 4.90 Å². The van der Waals surface area contributed by atoms with E-state index in [4.69, 9.17) is 0 Å². The zero-order valence-corrected chi connectivity index (χ0v) is 14.8. The molecule has 2 aromatic rings. The van der Waals surface area contributed by atoms with Gasteiger partial charge in [-0.2, -0.15) is 0 Å². The number of anilines is 1. The number of carbonyl (C=O) groups excluding carboxylic acids is 1. The van der Waals surface area contributed by atoms with Crippen LogP contribution >= 0.6 is 0 Å². The zero-order chi connectivity index (χ0) is 17.2. The quantitative estimate of drug-likeness (QED) is 0.893. The molecule has 1 saturated carbocycles. The van der Waals surface area contributed by atoms with Gasteiger partial charge in [-0.3, -0.25) is 10.1 Å². The summed E-state index contributed by atoms with van der Waals surface area (Å²) in [6, 6.07) is 19.0. The second-order valence-electron chi connectivity index (χ2n) is 7.34. The molecule has 1 aliphatic heterocycles. The summed E-state index contributed by atoms with van der Waals surface area (Å²) in [5.74, 6) is 0.847. The summed E-state index contributed by atoms with van der Waals surface area (Å²) < 4.78 is 0. The van der Waals surface area contributed by atoms with Crippen LogP contribution in [0.25, 0.3) is 0 Å². The van der Waals surface area contributed by atoms with Crippen LogP contribution in [-0.2, 0) is 11.2 Å². The third kappa shape index (κ3) is 3.47. The van der Waals surface area contributed by atoms with Crippen molar-refractivity contribution in [3.63, 3.8) is 0 Å². The molecule has 4 rings (SSSR count). The maximum absolute atomic E-state index is 13.1. The van der Waals surface area contributed by atoms with Crippen molar-refractivity contribution in [2.75, 3.05) is 11.4 Å². The van der Waals surface area contributed by atoms with Crippen LogP contribution < -0.4 is 10.2 Å². The highest BCUT2D eigenvalue weighted by Gasteiger charge is 2.35. The second-order valence-corrected chi connectivity index (χ2v) is 7.34. The van der Waals surface area contributed by atoms with Crippen LogP contribution in [0.4, 0.5) is 5.69 Å². The highest BCUT2D eigenvalue weighted by Crippen LogP contribution is 2.41. The summed E-state index contributed by atoms with van der Waals surface area (Å²) in [5.41, 5.74) is 3.68. The van der Waals surface area contributed by atoms with Gasteiger partial charge in [0.2, 0.25) is 5.91 Å². The van der Waals surface area contributed by atoms with Gasteiger partial charge in [-0.25, -0.2) is 0 Å². The van der Waals surface area contributed by atoms with Gasteiger partial charge in [-0.05, 0) is 55.7 Å². The van der Waals surface area contributed by atoms with Crippen LogP contribution in [0.5, 0.6) is 0 Å². The molecule has 0 spiro atoms. The molecule has 3 heteroatoms. The van der Waals surface area contributed by atoms with Crippen molar-refractivity contribution < 1.29 is 4.79 Å². The van der Waals surface area contributed by atoms with Gasteiger partial charge in [0.25, 0.3) is 0 Å². The van der Waals surface area contributed by atoms with E-state index in [0.717, 1.165) is 25.1 Å². The van der Waals surface area contributed by atoms with Crippen molar-refractivity contribution in [3.05, 3.63) is 65.7 Å². The largest absolute Gasteiger partial charge is 0.311 e. The van der Waals surface area contributed by atoms with Gasteiger partial charge in [0.1, 0.15) is 0 Å². The first-order chi connectivity index (χ1) is 12.2. The SMILES string of the molecule is CC(NC(c1ccccc1)C1CC1)C(=O)N1CCCc2ccccc21. The summed E-state index contributed by atoms with van der Waals surface area (Å²) in [5, 5.41) is 3.63. The molecule has 130 valence electrons. The normalized spacial score (nSPS) is 19.2. The van der Waals surface area contributed by atoms with Gasteiger partial charge in [0.05, 0.1) is 6.04 Å². The van der Waals surface area contributed by atoms with Gasteiger partial charge in [0, 0.05) is 18.3 Å². The zero-order valence-electron chi connectivity index (χ0n) is 14.8. The van der Waals surface area contributed by atoms with E-state index < -0.39 is 0 Å². The van der Waals surface area contributed by atoms with Crippen LogP contribution in [0.15, 0.2) is 54.6 Å². The lowest BCUT2D eigenvalue weighted by molar-refractivity contribution is -0.120. The molecule has 0 aromatic heterocycles. The number of rotatable bonds is 5. The lowest BCUT2D eigenvalue weighted by atomic mass is 9.99. The second kappa shape index (κ2) is 7.01. The first-order valence-corrected chi connectivity index (χ1v) is 9.44. The number of hydrogen-bond acceptors (Lipinski definition) is 2. The predicted molar refractivity (Wildman–Crippen MR) is 102 cm³/mol. The topological polar surface area (TPSA) is 32.3 Å². The maximum atomic E-state index is 13.1. The molecule has 3 nitrogen and oxygen atoms in total. The summed E-state index contributed by atoms with van der Waals surface area (Å²) in [6.45, 7) is 2.83. The number of aryl methyl sites for hydroxylation is 1. The molecular formula is C22H26N2O. The Morgan fingerprint density at radius 1 is 1.08 bits per heavy atom. The van der Waals surface area contributed by atoms with E-state index in [2.05, 4.69) is 47.8 Å². The molecular weight excluding hydrogens is 308 g/mol. The number of benzene rings is 2. The molecule has 2 aliphatic rings. The lowest BCUT2D eigenvalue weighted by Crippen LogP contribution is -2.48. The minimum Gasteiger partial charge on any atom is -0.311 e. The summed E-state index contributed by atoms with van der Waals surface area (Å²) >= 11 is 0. The lowest BCUT2D eigenvalue weighted by Gasteiger charge is -2.33. The number of fused-ring (bicyclic) bond motifs is 1. The summed E-state index contributed by atoms with van der Waals surface area (Å²) in [4.78, 5) is 15.1. The predicted octanol–water partition coefficient (Wildman–Crippen LogP) is 4.10. The van der Waals surface area contributed by atoms with E-state index in [1.165, 1.54) is 24.0 Å². The van der Waals surface area contributed by atoms with Gasteiger partial charge in [0.15, 0.2) is 0 Å². The Balaban J connectivity index is 1.51. The fourth-order valence-corrected chi connectivity index (χ4v) is 3.93. The van der Waals surface area contributed by atoms with Crippen LogP contribution in [0.1, 0.15) is 43.4 Å². The summed E-state index contributed by atoms with van der Waals surface area (Å²) in [6.07, 6.45) is 4.61. The summed E-state index contributed by atoms with van der Waals surface area (Å²) in [7, 11) is 0. The molecule has 25 heavy (non-hydrogen) atoms. The Kier molecular flexibility index (Phi) is 4.58. The van der Waals surface area contributed by atoms with Gasteiger partial charge in [-0.15, -0.1) is 0 Å². The molecule has 0 radical (unpaired) electrons. The smallest absolute Gasteiger partial charge is 0.243 e. The molecule has 1 N–H and O–H groups in total. The van der Waals surface area contributed by atoms with Gasteiger partial charge >= 0.3 is 0 Å². The maximum Gasteiger partial charge on any atom is 0.243 e. The number of nitrogens with one attached hydrogen (secondary N) is 1. The fourth-order valence-electron chi connectivity index (χ4n) is 3.93. The van der Waals surface area contributed by atoms with E-state index in [-0.39, 0.29) is 18.0 Å². The van der Waals surface area contributed by atoms with E-state index in [1.807, 2.05) is 24.0 Å². The van der Waals surface area contributed by atoms with Crippen LogP contribution in [0.2, 0.25) is 0 Å². The molecule has 2 aromatic carbocycles. The number of amides is 1. The van der Waals surface area contributed by atoms with Crippen LogP contribution in [0.3, 0.4) is 0 Å². The number of hydrogen-bond donors (Lipinski definition) is 1. The van der Waals surface area contributed by atoms with E-state index in [0.29, 0.717) is 5.92 Å². The number of nitrogens with zero attached hydrogens (tertiary/aromatic N) is 1. The van der Waals surface area contributed by atoms with Crippen molar-refractivity contribution >= 4 is 11.6 Å². The Morgan fingerprint density at radius 3 is 2.56 bits per heavy atom. The highest BCUT2D eigenvalue weighted by molar-refractivity contribution is 5.98. The van der Waals surface area contributed by atoms with Gasteiger partial charge in [-0.1, -0.05) is 48.5 Å². The molecule has 1 amide bonds. The highest BCUT2D eigenvalue weighted by atomic mass is 16.2. The Bertz CT molecular complexity index is 739. The monoisotopic (exact) mass is 334 g/mol. The molecule has 1 fully saturated rings. The van der Waals surface area contributed by atoms with Crippen LogP contribution in [0, 0.1) is 5.92 Å². The van der Waals surface area contributed by atoms with Crippen molar-refractivity contribution in [1.29, 1.82) is 0 Å². The average Bonchev–Trinajstić information content (AvgIpc) is 3.50. The van der Waals surface area contributed by atoms with Crippen molar-refractivity contribution in [3.8, 4) is 0 Å². The Labute approximate surface area is 150 Å². The van der Waals surface area contributed by atoms with Crippen LogP contribution in [-0.4, -0.2) is 18.5 Å². The minimum absolute atomic E-state index is 0.183. The molecule has 2 unspecified atom stereocenters. The van der Waals surface area contributed by atoms with Crippen molar-refractivity contribution in [2.45, 2.75) is 44.7 Å². The molecule has 0 saturated heterocycles. The van der Waals surface area contributed by atoms with E-state index >= 15 is 0 Å². The minimum atomic E-state index is -0.183. The van der Waals surface area contributed by atoms with E-state index in [9.17, 15) is 4.79 Å². The molecule has 1 heterocycles. The van der Waals surface area contributed by atoms with Crippen molar-refractivity contribution in [2.24, 2.45) is 5.92 Å². The number of para-hydroxylation sites is 1. The third-order valence-corrected chi connectivity index (χ3v) is 5.43. The van der Waals surface area contributed by atoms with Crippen molar-refractivity contribution in [1.82, 2.24) is 5.32 Å². The first-order valence-electron chi connectivity index (χ1n) is 9.44. The Hall–Kier alpha value is -2.13. The first kappa shape index (κ1) is 16.3. The van der Waals surface area contributed by atoms with E-state index in [1.54, 1.807) is 0 Å². The number of carbonyl (C=O) groups is 1. The third-order valence-electron chi connectivity index (χ3n) is 5.43. The fraction of sp³-hybridized carbons (Fsp3) is 0.409.